The molecule has 0 heterocycles. The van der Waals surface area contributed by atoms with Gasteiger partial charge in [-0.05, 0) is 94.3 Å². The summed E-state index contributed by atoms with van der Waals surface area (Å²) in [7, 11) is 0. The number of ether oxygens (including phenoxy) is 1. The molecule has 9 atom stereocenters. The van der Waals surface area contributed by atoms with Crippen molar-refractivity contribution in [2.75, 3.05) is 0 Å². The molecular weight excluding hydrogens is 430 g/mol. The van der Waals surface area contributed by atoms with Crippen LogP contribution < -0.4 is 0 Å². The molecule has 2 bridgehead atoms. The number of hydrogen-bond acceptors (Lipinski definition) is 2. The Labute approximate surface area is 209 Å². The zero-order valence-corrected chi connectivity index (χ0v) is 23.5. The highest BCUT2D eigenvalue weighted by molar-refractivity contribution is 5.07. The van der Waals surface area contributed by atoms with Crippen LogP contribution in [0.15, 0.2) is 0 Å². The molecule has 9 unspecified atom stereocenters. The van der Waals surface area contributed by atoms with Gasteiger partial charge in [0, 0.05) is 12.8 Å². The number of hydrogen-bond donors (Lipinski definition) is 1. The van der Waals surface area contributed by atoms with Crippen LogP contribution in [-0.2, 0) is 4.74 Å². The fourth-order valence-corrected chi connectivity index (χ4v) is 8.61. The monoisotopic (exact) mass is 484 g/mol. The highest BCUT2D eigenvalue weighted by Gasteiger charge is 2.58. The lowest BCUT2D eigenvalue weighted by Gasteiger charge is -2.42. The van der Waals surface area contributed by atoms with E-state index in [2.05, 4.69) is 34.6 Å². The minimum Gasteiger partial charge on any atom is -0.390 e. The standard InChI is InChI=1S/C19H33FO.C11H21FO/c1-6-13-11-18(5,12-19(13,20)7-2)21-16-10-14-8-9-15(16)17(14,3)4;1-4-9-6-10(3,13)8-11(12,5-2)7-9/h13-16H,6-12H2,1-5H3;9,13H,4-8H2,1-3H3. The first-order valence-electron chi connectivity index (χ1n) is 14.4. The molecule has 0 aromatic rings. The van der Waals surface area contributed by atoms with Crippen LogP contribution in [0.2, 0.25) is 0 Å². The van der Waals surface area contributed by atoms with E-state index in [-0.39, 0.29) is 11.5 Å². The zero-order chi connectivity index (χ0) is 25.6. The van der Waals surface area contributed by atoms with Crippen LogP contribution in [0.1, 0.15) is 132 Å². The molecule has 4 aliphatic carbocycles. The van der Waals surface area contributed by atoms with Gasteiger partial charge >= 0.3 is 0 Å². The van der Waals surface area contributed by atoms with E-state index in [4.69, 9.17) is 4.74 Å². The number of halogens is 2. The lowest BCUT2D eigenvalue weighted by atomic mass is 9.70. The summed E-state index contributed by atoms with van der Waals surface area (Å²) in [6, 6.07) is 0. The molecule has 4 fully saturated rings. The highest BCUT2D eigenvalue weighted by atomic mass is 19.1. The second kappa shape index (κ2) is 9.92. The van der Waals surface area contributed by atoms with Gasteiger partial charge in [-0.3, -0.25) is 0 Å². The summed E-state index contributed by atoms with van der Waals surface area (Å²) < 4.78 is 35.8. The molecule has 2 nitrogen and oxygen atoms in total. The summed E-state index contributed by atoms with van der Waals surface area (Å²) in [6.45, 7) is 16.8. The van der Waals surface area contributed by atoms with E-state index in [9.17, 15) is 9.50 Å². The van der Waals surface area contributed by atoms with Crippen molar-refractivity contribution in [2.45, 2.75) is 161 Å². The normalized spacial score (nSPS) is 49.7. The minimum absolute atomic E-state index is 0.180. The van der Waals surface area contributed by atoms with Crippen LogP contribution in [0.4, 0.5) is 8.78 Å². The van der Waals surface area contributed by atoms with Gasteiger partial charge in [-0.1, -0.05) is 54.4 Å². The summed E-state index contributed by atoms with van der Waals surface area (Å²) in [5.41, 5.74) is -2.72. The Kier molecular flexibility index (Phi) is 8.27. The van der Waals surface area contributed by atoms with Crippen molar-refractivity contribution >= 4 is 0 Å². The average Bonchev–Trinajstić information content (AvgIpc) is 3.28. The maximum Gasteiger partial charge on any atom is 0.116 e. The van der Waals surface area contributed by atoms with Gasteiger partial charge in [0.2, 0.25) is 0 Å². The third-order valence-electron chi connectivity index (χ3n) is 10.7. The molecule has 1 N–H and O–H groups in total. The minimum atomic E-state index is -1.12. The van der Waals surface area contributed by atoms with Crippen LogP contribution in [0.5, 0.6) is 0 Å². The average molecular weight is 485 g/mol. The predicted octanol–water partition coefficient (Wildman–Crippen LogP) is 8.59. The molecule has 0 aliphatic heterocycles. The summed E-state index contributed by atoms with van der Waals surface area (Å²) in [5, 5.41) is 9.90. The van der Waals surface area contributed by atoms with Crippen LogP contribution in [-0.4, -0.2) is 33.8 Å². The van der Waals surface area contributed by atoms with Crippen molar-refractivity contribution < 1.29 is 18.6 Å². The molecule has 0 amide bonds. The van der Waals surface area contributed by atoms with Crippen LogP contribution in [0.3, 0.4) is 0 Å². The van der Waals surface area contributed by atoms with Crippen LogP contribution >= 0.6 is 0 Å². The van der Waals surface area contributed by atoms with Gasteiger partial charge in [-0.2, -0.15) is 0 Å². The summed E-state index contributed by atoms with van der Waals surface area (Å²) in [5.74, 6) is 2.05. The number of aliphatic hydroxyl groups is 1. The molecule has 4 heteroatoms. The lowest BCUT2D eigenvalue weighted by molar-refractivity contribution is -0.110. The van der Waals surface area contributed by atoms with Crippen molar-refractivity contribution in [3.63, 3.8) is 0 Å². The Hall–Kier alpha value is -0.220. The maximum atomic E-state index is 15.1. The molecule has 0 radical (unpaired) electrons. The zero-order valence-electron chi connectivity index (χ0n) is 23.5. The Morgan fingerprint density at radius 2 is 1.53 bits per heavy atom. The van der Waals surface area contributed by atoms with E-state index in [1.807, 2.05) is 13.8 Å². The van der Waals surface area contributed by atoms with Gasteiger partial charge in [-0.25, -0.2) is 8.78 Å². The largest absolute Gasteiger partial charge is 0.390 e. The van der Waals surface area contributed by atoms with E-state index in [0.29, 0.717) is 55.5 Å². The van der Waals surface area contributed by atoms with Crippen molar-refractivity contribution in [3.05, 3.63) is 0 Å². The first-order valence-corrected chi connectivity index (χ1v) is 14.4. The fourth-order valence-electron chi connectivity index (χ4n) is 8.61. The first-order chi connectivity index (χ1) is 15.6. The van der Waals surface area contributed by atoms with Crippen molar-refractivity contribution in [1.82, 2.24) is 0 Å². The predicted molar refractivity (Wildman–Crippen MR) is 137 cm³/mol. The van der Waals surface area contributed by atoms with E-state index in [1.165, 1.54) is 19.3 Å². The Bertz CT molecular complexity index is 693. The van der Waals surface area contributed by atoms with Crippen molar-refractivity contribution in [1.29, 1.82) is 0 Å². The molecule has 34 heavy (non-hydrogen) atoms. The van der Waals surface area contributed by atoms with Gasteiger partial charge in [0.25, 0.3) is 0 Å². The molecule has 4 rings (SSSR count). The second-order valence-corrected chi connectivity index (χ2v) is 13.8. The van der Waals surface area contributed by atoms with Crippen LogP contribution in [0, 0.1) is 29.1 Å². The Morgan fingerprint density at radius 1 is 0.853 bits per heavy atom. The van der Waals surface area contributed by atoms with Crippen molar-refractivity contribution in [3.8, 4) is 0 Å². The fraction of sp³-hybridized carbons (Fsp3) is 1.00. The van der Waals surface area contributed by atoms with Gasteiger partial charge in [0.05, 0.1) is 17.3 Å². The first kappa shape index (κ1) is 28.4. The van der Waals surface area contributed by atoms with E-state index >= 15 is 4.39 Å². The third kappa shape index (κ3) is 5.68. The number of alkyl halides is 2. The SMILES string of the molecule is CCC1CC(C)(O)CC(F)(CC)C1.CCC1CC(C)(OC2CC3CCC2C3(C)C)CC1(F)CC. The van der Waals surface area contributed by atoms with Gasteiger partial charge < -0.3 is 9.84 Å². The van der Waals surface area contributed by atoms with E-state index < -0.39 is 16.9 Å². The number of fused-ring (bicyclic) bond motifs is 2. The highest BCUT2D eigenvalue weighted by Crippen LogP contribution is 2.60. The van der Waals surface area contributed by atoms with Gasteiger partial charge in [0.1, 0.15) is 11.3 Å². The van der Waals surface area contributed by atoms with Gasteiger partial charge in [-0.15, -0.1) is 0 Å². The Balaban J connectivity index is 0.000000215. The smallest absolute Gasteiger partial charge is 0.116 e. The van der Waals surface area contributed by atoms with Crippen molar-refractivity contribution in [2.24, 2.45) is 29.1 Å². The summed E-state index contributed by atoms with van der Waals surface area (Å²) in [6.07, 6.45) is 10.5. The van der Waals surface area contributed by atoms with E-state index in [0.717, 1.165) is 31.6 Å². The molecule has 0 aromatic carbocycles. The maximum absolute atomic E-state index is 15.1. The molecule has 0 spiro atoms. The summed E-state index contributed by atoms with van der Waals surface area (Å²) in [4.78, 5) is 0. The quantitative estimate of drug-likeness (QED) is 0.409. The third-order valence-corrected chi connectivity index (χ3v) is 10.7. The molecule has 0 aromatic heterocycles. The van der Waals surface area contributed by atoms with Gasteiger partial charge in [0.15, 0.2) is 0 Å². The molecule has 0 saturated heterocycles. The lowest BCUT2D eigenvalue weighted by Crippen LogP contribution is -2.44. The summed E-state index contributed by atoms with van der Waals surface area (Å²) >= 11 is 0. The molecule has 200 valence electrons. The number of rotatable bonds is 6. The van der Waals surface area contributed by atoms with E-state index in [1.54, 1.807) is 6.92 Å². The Morgan fingerprint density at radius 3 is 1.97 bits per heavy atom. The second-order valence-electron chi connectivity index (χ2n) is 13.8. The molecular formula is C30H54F2O2. The molecule has 4 saturated carbocycles. The topological polar surface area (TPSA) is 29.5 Å². The van der Waals surface area contributed by atoms with Crippen LogP contribution in [0.25, 0.3) is 0 Å². The molecule has 4 aliphatic rings.